The summed E-state index contributed by atoms with van der Waals surface area (Å²) in [5.74, 6) is -4.93. The lowest BCUT2D eigenvalue weighted by atomic mass is 10.1. The number of carbonyl (C=O) groups is 4. The summed E-state index contributed by atoms with van der Waals surface area (Å²) >= 11 is 0. The predicted molar refractivity (Wildman–Crippen MR) is 146 cm³/mol. The zero-order valence-electron chi connectivity index (χ0n) is 22.9. The van der Waals surface area contributed by atoms with E-state index in [0.29, 0.717) is 41.8 Å². The molecule has 0 saturated carbocycles. The van der Waals surface area contributed by atoms with Gasteiger partial charge in [0, 0.05) is 24.2 Å². The molecule has 0 bridgehead atoms. The van der Waals surface area contributed by atoms with Crippen molar-refractivity contribution in [1.82, 2.24) is 10.9 Å². The predicted octanol–water partition coefficient (Wildman–Crippen LogP) is 5.02. The highest BCUT2D eigenvalue weighted by molar-refractivity contribution is 6.01. The van der Waals surface area contributed by atoms with Crippen molar-refractivity contribution in [3.8, 4) is 0 Å². The Kier molecular flexibility index (Phi) is 12.4. The molecule has 2 aromatic rings. The maximum atomic E-state index is 12.3. The zero-order valence-corrected chi connectivity index (χ0v) is 22.9. The van der Waals surface area contributed by atoms with Gasteiger partial charge in [-0.05, 0) is 62.1 Å². The van der Waals surface area contributed by atoms with Gasteiger partial charge in [0.25, 0.3) is 0 Å². The Bertz CT molecular complexity index is 1250. The van der Waals surface area contributed by atoms with Crippen LogP contribution in [-0.4, -0.2) is 47.4 Å². The summed E-state index contributed by atoms with van der Waals surface area (Å²) < 4.78 is 74.0. The van der Waals surface area contributed by atoms with Crippen LogP contribution < -0.4 is 21.5 Å². The van der Waals surface area contributed by atoms with E-state index in [-0.39, 0.29) is 36.0 Å². The van der Waals surface area contributed by atoms with Crippen molar-refractivity contribution in [2.75, 3.05) is 10.6 Å². The van der Waals surface area contributed by atoms with Gasteiger partial charge >= 0.3 is 24.2 Å². The van der Waals surface area contributed by atoms with Crippen LogP contribution in [0.5, 0.6) is 0 Å². The molecule has 2 aromatic carbocycles. The molecule has 0 atom stereocenters. The monoisotopic (exact) mass is 614 g/mol. The summed E-state index contributed by atoms with van der Waals surface area (Å²) in [4.78, 5) is 46.0. The molecule has 232 valence electrons. The standard InChI is InChI=1S/C27H28F6N6O4/c1-16(18-8-12-20(13-9-18)34-24(42)26(28,29)30)36-38-22(40)6-4-3-5-7-23(41)39-37-17(2)19-10-14-21(15-11-19)35-25(43)27(31,32)33/h8-15H,3-7H2,1-2H3,(H,34,42)(H,35,43)(H,38,40)(H,39,41)/b36-16-,37-17-. The number of nitrogens with zero attached hydrogens (tertiary/aromatic N) is 2. The molecular formula is C27H28F6N6O4. The Balaban J connectivity index is 1.67. The fourth-order valence-electron chi connectivity index (χ4n) is 3.27. The Morgan fingerprint density at radius 1 is 0.581 bits per heavy atom. The van der Waals surface area contributed by atoms with Crippen LogP contribution in [0.25, 0.3) is 0 Å². The number of hydrogen-bond donors (Lipinski definition) is 4. The van der Waals surface area contributed by atoms with Crippen molar-refractivity contribution in [2.24, 2.45) is 10.2 Å². The maximum Gasteiger partial charge on any atom is 0.471 e. The molecule has 0 fully saturated rings. The van der Waals surface area contributed by atoms with Crippen LogP contribution in [0.1, 0.15) is 57.1 Å². The fraction of sp³-hybridized carbons (Fsp3) is 0.333. The molecule has 0 heterocycles. The van der Waals surface area contributed by atoms with E-state index < -0.39 is 24.2 Å². The number of unbranched alkanes of at least 4 members (excludes halogenated alkanes) is 2. The SMILES string of the molecule is C/C(=N/NC(=O)CCCCCC(=O)N/N=C(/C)c1ccc(NC(=O)C(F)(F)F)cc1)c1ccc(NC(=O)C(F)(F)F)cc1. The minimum absolute atomic E-state index is 0.0494. The van der Waals surface area contributed by atoms with Crippen molar-refractivity contribution >= 4 is 46.4 Å². The smallest absolute Gasteiger partial charge is 0.318 e. The Morgan fingerprint density at radius 2 is 0.907 bits per heavy atom. The van der Waals surface area contributed by atoms with Crippen molar-refractivity contribution in [3.63, 3.8) is 0 Å². The summed E-state index contributed by atoms with van der Waals surface area (Å²) in [6.45, 7) is 3.17. The van der Waals surface area contributed by atoms with Crippen LogP contribution in [-0.2, 0) is 19.2 Å². The van der Waals surface area contributed by atoms with Gasteiger partial charge in [0.2, 0.25) is 11.8 Å². The van der Waals surface area contributed by atoms with Gasteiger partial charge in [-0.25, -0.2) is 10.9 Å². The van der Waals surface area contributed by atoms with Crippen molar-refractivity contribution < 1.29 is 45.5 Å². The molecule has 2 rings (SSSR count). The average Bonchev–Trinajstić information content (AvgIpc) is 2.94. The lowest BCUT2D eigenvalue weighted by Crippen LogP contribution is -2.29. The molecule has 10 nitrogen and oxygen atoms in total. The summed E-state index contributed by atoms with van der Waals surface area (Å²) in [5, 5.41) is 11.4. The summed E-state index contributed by atoms with van der Waals surface area (Å²) in [6, 6.07) is 10.8. The molecule has 16 heteroatoms. The number of anilines is 2. The van der Waals surface area contributed by atoms with Gasteiger partial charge in [-0.15, -0.1) is 0 Å². The van der Waals surface area contributed by atoms with Gasteiger partial charge < -0.3 is 10.6 Å². The van der Waals surface area contributed by atoms with E-state index in [1.807, 2.05) is 0 Å². The van der Waals surface area contributed by atoms with Gasteiger partial charge in [0.15, 0.2) is 0 Å². The third-order valence-electron chi connectivity index (χ3n) is 5.64. The average molecular weight is 615 g/mol. The minimum atomic E-state index is -5.01. The number of benzene rings is 2. The lowest BCUT2D eigenvalue weighted by Gasteiger charge is -2.09. The van der Waals surface area contributed by atoms with Crippen molar-refractivity contribution in [3.05, 3.63) is 59.7 Å². The Morgan fingerprint density at radius 3 is 1.21 bits per heavy atom. The van der Waals surface area contributed by atoms with Crippen LogP contribution in [0.15, 0.2) is 58.7 Å². The normalized spacial score (nSPS) is 12.4. The van der Waals surface area contributed by atoms with Gasteiger partial charge in [-0.1, -0.05) is 30.7 Å². The first-order chi connectivity index (χ1) is 20.1. The van der Waals surface area contributed by atoms with Crippen LogP contribution in [0, 0.1) is 0 Å². The number of halogens is 6. The van der Waals surface area contributed by atoms with Crippen molar-refractivity contribution in [2.45, 2.75) is 58.3 Å². The van der Waals surface area contributed by atoms with E-state index >= 15 is 0 Å². The number of nitrogens with one attached hydrogen (secondary N) is 4. The molecule has 0 aliphatic heterocycles. The van der Waals surface area contributed by atoms with Gasteiger partial charge in [-0.2, -0.15) is 36.5 Å². The van der Waals surface area contributed by atoms with Crippen LogP contribution in [0.4, 0.5) is 37.7 Å². The van der Waals surface area contributed by atoms with Gasteiger partial charge in [-0.3, -0.25) is 19.2 Å². The Labute approximate surface area is 242 Å². The van der Waals surface area contributed by atoms with Crippen LogP contribution in [0.3, 0.4) is 0 Å². The minimum Gasteiger partial charge on any atom is -0.318 e. The van der Waals surface area contributed by atoms with Crippen molar-refractivity contribution in [1.29, 1.82) is 0 Å². The second-order valence-electron chi connectivity index (χ2n) is 9.08. The first kappa shape index (κ1) is 34.4. The van der Waals surface area contributed by atoms with E-state index in [2.05, 4.69) is 21.1 Å². The molecule has 0 aromatic heterocycles. The molecule has 43 heavy (non-hydrogen) atoms. The number of alkyl halides is 6. The molecule has 4 N–H and O–H groups in total. The first-order valence-electron chi connectivity index (χ1n) is 12.7. The highest BCUT2D eigenvalue weighted by Crippen LogP contribution is 2.20. The molecule has 4 amide bonds. The third-order valence-corrected chi connectivity index (χ3v) is 5.64. The van der Waals surface area contributed by atoms with Gasteiger partial charge in [0.05, 0.1) is 11.4 Å². The molecular weight excluding hydrogens is 586 g/mol. The second kappa shape index (κ2) is 15.5. The Hall–Kier alpha value is -4.76. The van der Waals surface area contributed by atoms with E-state index in [9.17, 15) is 45.5 Å². The number of rotatable bonds is 12. The molecule has 0 spiro atoms. The van der Waals surface area contributed by atoms with E-state index in [1.54, 1.807) is 24.5 Å². The summed E-state index contributed by atoms with van der Waals surface area (Å²) in [6.07, 6.45) is -8.23. The number of carbonyl (C=O) groups excluding carboxylic acids is 4. The topological polar surface area (TPSA) is 141 Å². The molecule has 0 unspecified atom stereocenters. The first-order valence-corrected chi connectivity index (χ1v) is 12.7. The van der Waals surface area contributed by atoms with E-state index in [1.165, 1.54) is 48.5 Å². The number of hydrazone groups is 2. The summed E-state index contributed by atoms with van der Waals surface area (Å²) in [7, 11) is 0. The highest BCUT2D eigenvalue weighted by Gasteiger charge is 2.39. The zero-order chi connectivity index (χ0) is 32.2. The number of hydrogen-bond acceptors (Lipinski definition) is 6. The lowest BCUT2D eigenvalue weighted by molar-refractivity contribution is -0.167. The fourth-order valence-corrected chi connectivity index (χ4v) is 3.27. The second-order valence-corrected chi connectivity index (χ2v) is 9.08. The molecule has 0 saturated heterocycles. The third kappa shape index (κ3) is 12.3. The molecule has 0 aliphatic carbocycles. The van der Waals surface area contributed by atoms with Crippen LogP contribution >= 0.6 is 0 Å². The largest absolute Gasteiger partial charge is 0.471 e. The maximum absolute atomic E-state index is 12.3. The van der Waals surface area contributed by atoms with E-state index in [0.717, 1.165) is 0 Å². The molecule has 0 aliphatic rings. The number of amides is 4. The quantitative estimate of drug-likeness (QED) is 0.115. The summed E-state index contributed by atoms with van der Waals surface area (Å²) in [5.41, 5.74) is 6.46. The highest BCUT2D eigenvalue weighted by atomic mass is 19.4. The van der Waals surface area contributed by atoms with Gasteiger partial charge in [0.1, 0.15) is 0 Å². The van der Waals surface area contributed by atoms with E-state index in [4.69, 9.17) is 0 Å². The molecule has 0 radical (unpaired) electrons. The van der Waals surface area contributed by atoms with Crippen LogP contribution in [0.2, 0.25) is 0 Å².